The zero-order valence-electron chi connectivity index (χ0n) is 12.3. The highest BCUT2D eigenvalue weighted by Gasteiger charge is 2.32. The molecule has 3 fully saturated rings. The molecule has 0 radical (unpaired) electrons. The van der Waals surface area contributed by atoms with Crippen molar-refractivity contribution < 1.29 is 9.90 Å². The first-order chi connectivity index (χ1) is 9.70. The van der Waals surface area contributed by atoms with Crippen LogP contribution in [0, 0.1) is 0 Å². The van der Waals surface area contributed by atoms with Crippen molar-refractivity contribution in [3.8, 4) is 0 Å². The molecule has 5 nitrogen and oxygen atoms in total. The molecular weight excluding hydrogens is 254 g/mol. The third-order valence-electron chi connectivity index (χ3n) is 4.88. The van der Waals surface area contributed by atoms with Gasteiger partial charge >= 0.3 is 0 Å². The molecule has 20 heavy (non-hydrogen) atoms. The molecule has 0 aromatic rings. The summed E-state index contributed by atoms with van der Waals surface area (Å²) in [5.41, 5.74) is 0. The van der Waals surface area contributed by atoms with E-state index in [1.807, 2.05) is 0 Å². The lowest BCUT2D eigenvalue weighted by Crippen LogP contribution is -2.49. The van der Waals surface area contributed by atoms with Crippen molar-refractivity contribution in [1.82, 2.24) is 15.1 Å². The summed E-state index contributed by atoms with van der Waals surface area (Å²) in [5, 5.41) is 12.7. The molecule has 2 heterocycles. The van der Waals surface area contributed by atoms with Gasteiger partial charge in [0, 0.05) is 38.3 Å². The van der Waals surface area contributed by atoms with E-state index in [-0.39, 0.29) is 12.0 Å². The Morgan fingerprint density at radius 3 is 2.25 bits per heavy atom. The Morgan fingerprint density at radius 1 is 1.00 bits per heavy atom. The van der Waals surface area contributed by atoms with Crippen LogP contribution in [0.25, 0.3) is 0 Å². The van der Waals surface area contributed by atoms with Gasteiger partial charge in [0.25, 0.3) is 0 Å². The van der Waals surface area contributed by atoms with E-state index in [0.29, 0.717) is 12.6 Å². The predicted octanol–water partition coefficient (Wildman–Crippen LogP) is 0.186. The maximum absolute atomic E-state index is 12.1. The summed E-state index contributed by atoms with van der Waals surface area (Å²) < 4.78 is 0. The standard InChI is InChI=1S/C15H27N3O2/c19-14-5-7-17(8-6-14)11-15(20)16-12-3-9-18(10-4-12)13-1-2-13/h12-14,19H,1-11H2,(H,16,20). The fourth-order valence-electron chi connectivity index (χ4n) is 3.40. The van der Waals surface area contributed by atoms with Gasteiger partial charge in [0.2, 0.25) is 5.91 Å². The number of aliphatic hydroxyl groups is 1. The quantitative estimate of drug-likeness (QED) is 0.772. The number of nitrogens with zero attached hydrogens (tertiary/aromatic N) is 2. The number of nitrogens with one attached hydrogen (secondary N) is 1. The molecule has 0 spiro atoms. The summed E-state index contributed by atoms with van der Waals surface area (Å²) in [7, 11) is 0. The SMILES string of the molecule is O=C(CN1CCC(O)CC1)NC1CCN(C2CC2)CC1. The van der Waals surface area contributed by atoms with Gasteiger partial charge in [-0.3, -0.25) is 9.69 Å². The van der Waals surface area contributed by atoms with Gasteiger partial charge in [-0.05, 0) is 38.5 Å². The maximum atomic E-state index is 12.1. The molecule has 1 aliphatic carbocycles. The smallest absolute Gasteiger partial charge is 0.234 e. The normalized spacial score (nSPS) is 27.6. The molecule has 114 valence electrons. The van der Waals surface area contributed by atoms with E-state index in [1.165, 1.54) is 12.8 Å². The van der Waals surface area contributed by atoms with E-state index in [1.54, 1.807) is 0 Å². The minimum absolute atomic E-state index is 0.159. The van der Waals surface area contributed by atoms with E-state index in [0.717, 1.165) is 57.9 Å². The monoisotopic (exact) mass is 281 g/mol. The van der Waals surface area contributed by atoms with Crippen molar-refractivity contribution in [2.75, 3.05) is 32.7 Å². The zero-order valence-corrected chi connectivity index (χ0v) is 12.3. The summed E-state index contributed by atoms with van der Waals surface area (Å²) in [6, 6.07) is 1.22. The number of hydrogen-bond acceptors (Lipinski definition) is 4. The van der Waals surface area contributed by atoms with E-state index < -0.39 is 0 Å². The lowest BCUT2D eigenvalue weighted by molar-refractivity contribution is -0.123. The highest BCUT2D eigenvalue weighted by molar-refractivity contribution is 5.78. The molecular formula is C15H27N3O2. The second-order valence-electron chi connectivity index (χ2n) is 6.62. The fourth-order valence-corrected chi connectivity index (χ4v) is 3.40. The maximum Gasteiger partial charge on any atom is 0.234 e. The second kappa shape index (κ2) is 6.41. The van der Waals surface area contributed by atoms with Gasteiger partial charge in [0.1, 0.15) is 0 Å². The molecule has 1 saturated carbocycles. The third kappa shape index (κ3) is 3.93. The minimum Gasteiger partial charge on any atom is -0.393 e. The van der Waals surface area contributed by atoms with Gasteiger partial charge in [-0.1, -0.05) is 0 Å². The molecule has 2 aliphatic heterocycles. The van der Waals surface area contributed by atoms with E-state index >= 15 is 0 Å². The molecule has 0 aromatic carbocycles. The predicted molar refractivity (Wildman–Crippen MR) is 77.4 cm³/mol. The Hall–Kier alpha value is -0.650. The fraction of sp³-hybridized carbons (Fsp3) is 0.933. The lowest BCUT2D eigenvalue weighted by Gasteiger charge is -2.33. The number of likely N-dealkylation sites (tertiary alicyclic amines) is 2. The topological polar surface area (TPSA) is 55.8 Å². The molecule has 0 atom stereocenters. The number of carbonyl (C=O) groups is 1. The highest BCUT2D eigenvalue weighted by atomic mass is 16.3. The number of piperidine rings is 2. The van der Waals surface area contributed by atoms with Gasteiger partial charge < -0.3 is 15.3 Å². The van der Waals surface area contributed by atoms with Crippen LogP contribution in [0.3, 0.4) is 0 Å². The van der Waals surface area contributed by atoms with E-state index in [9.17, 15) is 9.90 Å². The summed E-state index contributed by atoms with van der Waals surface area (Å²) in [6.07, 6.45) is 6.37. The molecule has 3 rings (SSSR count). The molecule has 5 heteroatoms. The van der Waals surface area contributed by atoms with Crippen LogP contribution < -0.4 is 5.32 Å². The Bertz CT molecular complexity index is 330. The summed E-state index contributed by atoms with van der Waals surface area (Å²) >= 11 is 0. The first-order valence-electron chi connectivity index (χ1n) is 8.14. The largest absolute Gasteiger partial charge is 0.393 e. The van der Waals surface area contributed by atoms with Crippen LogP contribution in [-0.2, 0) is 4.79 Å². The van der Waals surface area contributed by atoms with E-state index in [4.69, 9.17) is 0 Å². The number of amides is 1. The van der Waals surface area contributed by atoms with Crippen molar-refractivity contribution in [3.63, 3.8) is 0 Å². The van der Waals surface area contributed by atoms with Crippen LogP contribution in [0.5, 0.6) is 0 Å². The molecule has 2 saturated heterocycles. The number of aliphatic hydroxyl groups excluding tert-OH is 1. The van der Waals surface area contributed by atoms with Gasteiger partial charge in [0.05, 0.1) is 12.6 Å². The zero-order chi connectivity index (χ0) is 13.9. The number of rotatable bonds is 4. The van der Waals surface area contributed by atoms with Crippen molar-refractivity contribution in [2.45, 2.75) is 56.7 Å². The van der Waals surface area contributed by atoms with Crippen LogP contribution in [0.15, 0.2) is 0 Å². The molecule has 1 amide bonds. The summed E-state index contributed by atoms with van der Waals surface area (Å²) in [6.45, 7) is 4.47. The Balaban J connectivity index is 1.34. The van der Waals surface area contributed by atoms with Crippen molar-refractivity contribution >= 4 is 5.91 Å². The van der Waals surface area contributed by atoms with Crippen LogP contribution in [0.4, 0.5) is 0 Å². The van der Waals surface area contributed by atoms with Crippen LogP contribution in [0.2, 0.25) is 0 Å². The van der Waals surface area contributed by atoms with Gasteiger partial charge in [-0.15, -0.1) is 0 Å². The first kappa shape index (κ1) is 14.3. The average molecular weight is 281 g/mol. The van der Waals surface area contributed by atoms with Crippen LogP contribution >= 0.6 is 0 Å². The summed E-state index contributed by atoms with van der Waals surface area (Å²) in [4.78, 5) is 16.8. The molecule has 0 unspecified atom stereocenters. The third-order valence-corrected chi connectivity index (χ3v) is 4.88. The van der Waals surface area contributed by atoms with Crippen molar-refractivity contribution in [3.05, 3.63) is 0 Å². The lowest BCUT2D eigenvalue weighted by atomic mass is 10.0. The minimum atomic E-state index is -0.166. The molecule has 2 N–H and O–H groups in total. The van der Waals surface area contributed by atoms with Gasteiger partial charge in [0.15, 0.2) is 0 Å². The number of carbonyl (C=O) groups excluding carboxylic acids is 1. The molecule has 0 aromatic heterocycles. The van der Waals surface area contributed by atoms with Crippen LogP contribution in [0.1, 0.15) is 38.5 Å². The highest BCUT2D eigenvalue weighted by Crippen LogP contribution is 2.29. The molecule has 3 aliphatic rings. The van der Waals surface area contributed by atoms with Crippen molar-refractivity contribution in [1.29, 1.82) is 0 Å². The van der Waals surface area contributed by atoms with E-state index in [2.05, 4.69) is 15.1 Å². The summed E-state index contributed by atoms with van der Waals surface area (Å²) in [5.74, 6) is 0.159. The van der Waals surface area contributed by atoms with Gasteiger partial charge in [-0.2, -0.15) is 0 Å². The number of hydrogen-bond donors (Lipinski definition) is 2. The first-order valence-corrected chi connectivity index (χ1v) is 8.14. The second-order valence-corrected chi connectivity index (χ2v) is 6.62. The Labute approximate surface area is 121 Å². The van der Waals surface area contributed by atoms with Crippen molar-refractivity contribution in [2.24, 2.45) is 0 Å². The van der Waals surface area contributed by atoms with Gasteiger partial charge in [-0.25, -0.2) is 0 Å². The van der Waals surface area contributed by atoms with Crippen LogP contribution in [-0.4, -0.2) is 71.7 Å². The Kier molecular flexibility index (Phi) is 4.58. The molecule has 0 bridgehead atoms. The average Bonchev–Trinajstić information content (AvgIpc) is 3.27. The Morgan fingerprint density at radius 2 is 1.65 bits per heavy atom.